The maximum atomic E-state index is 5.76. The van der Waals surface area contributed by atoms with Crippen LogP contribution in [0.25, 0.3) is 0 Å². The number of hydrogen-bond acceptors (Lipinski definition) is 3. The molecule has 0 aliphatic heterocycles. The lowest BCUT2D eigenvalue weighted by Gasteiger charge is -2.07. The molecule has 0 spiro atoms. The van der Waals surface area contributed by atoms with E-state index >= 15 is 0 Å². The number of methoxy groups -OCH3 is 1. The lowest BCUT2D eigenvalue weighted by atomic mass is 10.1. The maximum Gasteiger partial charge on any atom is 0.127 e. The summed E-state index contributed by atoms with van der Waals surface area (Å²) in [4.78, 5) is 0.388. The summed E-state index contributed by atoms with van der Waals surface area (Å²) >= 11 is 4.91. The summed E-state index contributed by atoms with van der Waals surface area (Å²) in [6.07, 6.45) is 0.902. The Morgan fingerprint density at radius 3 is 2.05 bits per heavy atom. The van der Waals surface area contributed by atoms with Crippen molar-refractivity contribution in [2.45, 2.75) is 6.42 Å². The normalized spacial score (nSPS) is 10.2. The van der Waals surface area contributed by atoms with Gasteiger partial charge in [0.15, 0.2) is 0 Å². The first-order chi connectivity index (χ1) is 9.69. The van der Waals surface area contributed by atoms with Gasteiger partial charge in [-0.2, -0.15) is 0 Å². The molecule has 0 unspecified atom stereocenters. The molecule has 0 radical (unpaired) electrons. The fourth-order valence-electron chi connectivity index (χ4n) is 1.77. The first kappa shape index (κ1) is 14.5. The van der Waals surface area contributed by atoms with E-state index in [2.05, 4.69) is 0 Å². The van der Waals surface area contributed by atoms with Gasteiger partial charge in [-0.15, -0.1) is 0 Å². The van der Waals surface area contributed by atoms with Crippen molar-refractivity contribution in [2.75, 3.05) is 13.7 Å². The molecule has 0 fully saturated rings. The van der Waals surface area contributed by atoms with E-state index in [4.69, 9.17) is 27.4 Å². The van der Waals surface area contributed by atoms with Crippen LogP contribution in [0.2, 0.25) is 0 Å². The highest BCUT2D eigenvalue weighted by molar-refractivity contribution is 7.80. The highest BCUT2D eigenvalue weighted by atomic mass is 32.1. The summed E-state index contributed by atoms with van der Waals surface area (Å²) in [6, 6.07) is 15.4. The molecule has 20 heavy (non-hydrogen) atoms. The van der Waals surface area contributed by atoms with E-state index in [1.165, 1.54) is 5.56 Å². The van der Waals surface area contributed by atoms with E-state index < -0.39 is 0 Å². The van der Waals surface area contributed by atoms with Gasteiger partial charge in [-0.05, 0) is 48.4 Å². The average Bonchev–Trinajstić information content (AvgIpc) is 2.47. The van der Waals surface area contributed by atoms with Crippen molar-refractivity contribution >= 4 is 17.2 Å². The van der Waals surface area contributed by atoms with Crippen LogP contribution in [0.1, 0.15) is 11.1 Å². The Hall–Kier alpha value is -1.91. The summed E-state index contributed by atoms with van der Waals surface area (Å²) in [5, 5.41) is 0. The number of nitrogens with two attached hydrogens (primary N) is 1. The second-order valence-electron chi connectivity index (χ2n) is 4.38. The van der Waals surface area contributed by atoms with Crippen LogP contribution < -0.4 is 10.5 Å². The topological polar surface area (TPSA) is 44.5 Å². The smallest absolute Gasteiger partial charge is 0.127 e. The summed E-state index contributed by atoms with van der Waals surface area (Å²) in [6.45, 7) is 0.723. The van der Waals surface area contributed by atoms with Gasteiger partial charge in [-0.3, -0.25) is 0 Å². The molecule has 104 valence electrons. The first-order valence-electron chi connectivity index (χ1n) is 6.34. The maximum absolute atomic E-state index is 5.76. The first-order valence-corrected chi connectivity index (χ1v) is 6.75. The minimum Gasteiger partial charge on any atom is -0.457 e. The summed E-state index contributed by atoms with van der Waals surface area (Å²) in [5.74, 6) is 1.56. The fourth-order valence-corrected chi connectivity index (χ4v) is 1.90. The Bertz CT molecular complexity index is 564. The quantitative estimate of drug-likeness (QED) is 0.828. The summed E-state index contributed by atoms with van der Waals surface area (Å²) in [5.41, 5.74) is 7.61. The van der Waals surface area contributed by atoms with Crippen LogP contribution in [0, 0.1) is 0 Å². The molecule has 0 aromatic heterocycles. The second-order valence-corrected chi connectivity index (χ2v) is 4.82. The number of rotatable bonds is 6. The SMILES string of the molecule is COCCc1ccc(Oc2ccc(C(N)=S)cc2)cc1. The highest BCUT2D eigenvalue weighted by Crippen LogP contribution is 2.22. The van der Waals surface area contributed by atoms with Crippen molar-refractivity contribution in [2.24, 2.45) is 5.73 Å². The van der Waals surface area contributed by atoms with Crippen molar-refractivity contribution in [3.05, 3.63) is 59.7 Å². The Labute approximate surface area is 124 Å². The molecule has 0 aliphatic carbocycles. The Kier molecular flexibility index (Phi) is 5.09. The monoisotopic (exact) mass is 287 g/mol. The lowest BCUT2D eigenvalue weighted by Crippen LogP contribution is -2.08. The van der Waals surface area contributed by atoms with Gasteiger partial charge in [0.1, 0.15) is 16.5 Å². The Balaban J connectivity index is 2.00. The third kappa shape index (κ3) is 4.05. The van der Waals surface area contributed by atoms with Crippen LogP contribution in [-0.4, -0.2) is 18.7 Å². The minimum absolute atomic E-state index is 0.388. The van der Waals surface area contributed by atoms with Gasteiger partial charge < -0.3 is 15.2 Å². The van der Waals surface area contributed by atoms with E-state index in [9.17, 15) is 0 Å². The van der Waals surface area contributed by atoms with Crippen LogP contribution in [0.5, 0.6) is 11.5 Å². The van der Waals surface area contributed by atoms with Gasteiger partial charge in [0.05, 0.1) is 6.61 Å². The summed E-state index contributed by atoms with van der Waals surface area (Å²) in [7, 11) is 1.70. The van der Waals surface area contributed by atoms with E-state index in [1.807, 2.05) is 48.5 Å². The van der Waals surface area contributed by atoms with Crippen LogP contribution in [0.4, 0.5) is 0 Å². The van der Waals surface area contributed by atoms with Gasteiger partial charge in [0.2, 0.25) is 0 Å². The molecule has 0 heterocycles. The third-order valence-electron chi connectivity index (χ3n) is 2.89. The minimum atomic E-state index is 0.388. The van der Waals surface area contributed by atoms with E-state index in [1.54, 1.807) is 7.11 Å². The number of thiocarbonyl (C=S) groups is 1. The number of ether oxygens (including phenoxy) is 2. The van der Waals surface area contributed by atoms with Crippen LogP contribution in [-0.2, 0) is 11.2 Å². The van der Waals surface area contributed by atoms with Crippen molar-refractivity contribution < 1.29 is 9.47 Å². The number of benzene rings is 2. The molecule has 0 saturated heterocycles. The molecule has 4 heteroatoms. The largest absolute Gasteiger partial charge is 0.457 e. The van der Waals surface area contributed by atoms with Crippen molar-refractivity contribution in [3.8, 4) is 11.5 Å². The highest BCUT2D eigenvalue weighted by Gasteiger charge is 2.00. The van der Waals surface area contributed by atoms with Gasteiger partial charge in [-0.1, -0.05) is 24.4 Å². The molecule has 2 rings (SSSR count). The van der Waals surface area contributed by atoms with Crippen LogP contribution in [0.15, 0.2) is 48.5 Å². The molecule has 2 aromatic rings. The zero-order chi connectivity index (χ0) is 14.4. The molecule has 2 N–H and O–H groups in total. The van der Waals surface area contributed by atoms with Gasteiger partial charge in [0.25, 0.3) is 0 Å². The zero-order valence-corrected chi connectivity index (χ0v) is 12.2. The third-order valence-corrected chi connectivity index (χ3v) is 3.13. The Morgan fingerprint density at radius 2 is 1.55 bits per heavy atom. The second kappa shape index (κ2) is 7.03. The molecular weight excluding hydrogens is 270 g/mol. The predicted octanol–water partition coefficient (Wildman–Crippen LogP) is 3.30. The van der Waals surface area contributed by atoms with Gasteiger partial charge in [0, 0.05) is 12.7 Å². The molecule has 3 nitrogen and oxygen atoms in total. The molecule has 0 amide bonds. The van der Waals surface area contributed by atoms with Gasteiger partial charge in [-0.25, -0.2) is 0 Å². The standard InChI is InChI=1S/C16H17NO2S/c1-18-11-10-12-2-6-14(7-3-12)19-15-8-4-13(5-9-15)16(17)20/h2-9H,10-11H2,1H3,(H2,17,20). The fraction of sp³-hybridized carbons (Fsp3) is 0.188. The van der Waals surface area contributed by atoms with Crippen molar-refractivity contribution in [1.29, 1.82) is 0 Å². The molecule has 0 atom stereocenters. The van der Waals surface area contributed by atoms with E-state index in [0.717, 1.165) is 30.1 Å². The van der Waals surface area contributed by atoms with Crippen molar-refractivity contribution in [1.82, 2.24) is 0 Å². The molecule has 0 aliphatic rings. The molecule has 2 aromatic carbocycles. The van der Waals surface area contributed by atoms with Crippen LogP contribution >= 0.6 is 12.2 Å². The Morgan fingerprint density at radius 1 is 1.00 bits per heavy atom. The van der Waals surface area contributed by atoms with E-state index in [0.29, 0.717) is 4.99 Å². The molecular formula is C16H17NO2S. The zero-order valence-electron chi connectivity index (χ0n) is 11.3. The average molecular weight is 287 g/mol. The van der Waals surface area contributed by atoms with E-state index in [-0.39, 0.29) is 0 Å². The van der Waals surface area contributed by atoms with Gasteiger partial charge >= 0.3 is 0 Å². The van der Waals surface area contributed by atoms with Crippen molar-refractivity contribution in [3.63, 3.8) is 0 Å². The van der Waals surface area contributed by atoms with Crippen LogP contribution in [0.3, 0.4) is 0 Å². The molecule has 0 saturated carbocycles. The summed E-state index contributed by atoms with van der Waals surface area (Å²) < 4.78 is 10.8. The lowest BCUT2D eigenvalue weighted by molar-refractivity contribution is 0.202. The number of hydrogen-bond donors (Lipinski definition) is 1. The predicted molar refractivity (Wildman–Crippen MR) is 84.4 cm³/mol. The molecule has 0 bridgehead atoms.